The number of aliphatic imine (C=N–C) groups is 1. The van der Waals surface area contributed by atoms with Crippen LogP contribution in [0.25, 0.3) is 0 Å². The van der Waals surface area contributed by atoms with E-state index in [1.807, 2.05) is 6.07 Å². The summed E-state index contributed by atoms with van der Waals surface area (Å²) in [6.45, 7) is 8.00. The molecule has 0 aromatic carbocycles. The van der Waals surface area contributed by atoms with Crippen molar-refractivity contribution >= 4 is 5.96 Å². The lowest BCUT2D eigenvalue weighted by Gasteiger charge is -2.39. The number of likely N-dealkylation sites (tertiary alicyclic amines) is 1. The number of nitrogens with zero attached hydrogens (tertiary/aromatic N) is 3. The van der Waals surface area contributed by atoms with Crippen LogP contribution in [0.15, 0.2) is 15.6 Å². The molecule has 1 aromatic rings. The van der Waals surface area contributed by atoms with E-state index in [9.17, 15) is 0 Å². The Morgan fingerprint density at radius 1 is 1.19 bits per heavy atom. The van der Waals surface area contributed by atoms with Gasteiger partial charge in [0.25, 0.3) is 0 Å². The van der Waals surface area contributed by atoms with E-state index in [-0.39, 0.29) is 0 Å². The molecule has 3 rings (SSSR count). The van der Waals surface area contributed by atoms with Gasteiger partial charge < -0.3 is 20.1 Å². The highest BCUT2D eigenvalue weighted by Gasteiger charge is 2.26. The van der Waals surface area contributed by atoms with E-state index in [0.29, 0.717) is 12.6 Å². The second-order valence-electron chi connectivity index (χ2n) is 7.58. The third kappa shape index (κ3) is 5.47. The second-order valence-corrected chi connectivity index (χ2v) is 7.58. The number of hydrogen-bond acceptors (Lipinski definition) is 4. The topological polar surface area (TPSA) is 65.7 Å². The molecule has 6 nitrogen and oxygen atoms in total. The molecule has 1 aromatic heterocycles. The van der Waals surface area contributed by atoms with Crippen molar-refractivity contribution in [1.29, 1.82) is 0 Å². The summed E-state index contributed by atoms with van der Waals surface area (Å²) < 4.78 is 5.34. The van der Waals surface area contributed by atoms with Crippen LogP contribution in [0.2, 0.25) is 0 Å². The van der Waals surface area contributed by atoms with Crippen LogP contribution in [0.4, 0.5) is 0 Å². The fraction of sp³-hybridized carbons (Fsp3) is 0.800. The lowest BCUT2D eigenvalue weighted by atomic mass is 9.92. The predicted molar refractivity (Wildman–Crippen MR) is 105 cm³/mol. The molecule has 0 amide bonds. The van der Waals surface area contributed by atoms with Gasteiger partial charge >= 0.3 is 0 Å². The summed E-state index contributed by atoms with van der Waals surface area (Å²) in [6, 6.07) is 3.34. The van der Waals surface area contributed by atoms with E-state index in [0.717, 1.165) is 36.4 Å². The molecule has 1 saturated heterocycles. The summed E-state index contributed by atoms with van der Waals surface area (Å²) >= 11 is 0. The average molecular weight is 362 g/mol. The van der Waals surface area contributed by atoms with Crippen molar-refractivity contribution in [1.82, 2.24) is 20.7 Å². The first-order chi connectivity index (χ1) is 12.8. The molecule has 0 radical (unpaired) electrons. The summed E-state index contributed by atoms with van der Waals surface area (Å²) in [5.74, 6) is 1.71. The number of guanidine groups is 1. The monoisotopic (exact) mass is 361 g/mol. The van der Waals surface area contributed by atoms with Gasteiger partial charge in [-0.05, 0) is 39.0 Å². The van der Waals surface area contributed by atoms with Gasteiger partial charge in [0, 0.05) is 37.8 Å². The fourth-order valence-corrected chi connectivity index (χ4v) is 4.12. The first-order valence-electron chi connectivity index (χ1n) is 10.5. The molecule has 2 heterocycles. The summed E-state index contributed by atoms with van der Waals surface area (Å²) in [5, 5.41) is 11.0. The van der Waals surface area contributed by atoms with Crippen LogP contribution in [-0.4, -0.2) is 47.7 Å². The highest BCUT2D eigenvalue weighted by Crippen LogP contribution is 2.25. The molecule has 6 heteroatoms. The van der Waals surface area contributed by atoms with E-state index in [2.05, 4.69) is 39.5 Å². The molecule has 1 saturated carbocycles. The Balaban J connectivity index is 1.47. The van der Waals surface area contributed by atoms with Gasteiger partial charge in [0.05, 0.1) is 5.69 Å². The zero-order valence-corrected chi connectivity index (χ0v) is 16.5. The van der Waals surface area contributed by atoms with Crippen LogP contribution in [0.5, 0.6) is 0 Å². The quantitative estimate of drug-likeness (QED) is 0.602. The van der Waals surface area contributed by atoms with Crippen molar-refractivity contribution in [3.05, 3.63) is 17.5 Å². The summed E-state index contributed by atoms with van der Waals surface area (Å²) in [7, 11) is 0. The normalized spacial score (nSPS) is 21.1. The Morgan fingerprint density at radius 3 is 2.62 bits per heavy atom. The average Bonchev–Trinajstić information content (AvgIpc) is 3.16. The number of rotatable bonds is 6. The first kappa shape index (κ1) is 19.2. The van der Waals surface area contributed by atoms with Crippen molar-refractivity contribution in [2.24, 2.45) is 4.99 Å². The van der Waals surface area contributed by atoms with Crippen LogP contribution in [0.3, 0.4) is 0 Å². The Kier molecular flexibility index (Phi) is 7.35. The highest BCUT2D eigenvalue weighted by molar-refractivity contribution is 5.80. The molecule has 2 aliphatic rings. The fourth-order valence-electron chi connectivity index (χ4n) is 4.12. The minimum absolute atomic E-state index is 0.508. The third-order valence-electron chi connectivity index (χ3n) is 5.67. The van der Waals surface area contributed by atoms with Crippen molar-refractivity contribution in [3.8, 4) is 0 Å². The second kappa shape index (κ2) is 9.95. The van der Waals surface area contributed by atoms with Gasteiger partial charge in [-0.25, -0.2) is 4.99 Å². The molecular weight excluding hydrogens is 326 g/mol. The van der Waals surface area contributed by atoms with Gasteiger partial charge in [-0.15, -0.1) is 0 Å². The summed E-state index contributed by atoms with van der Waals surface area (Å²) in [6.07, 6.45) is 10.4. The van der Waals surface area contributed by atoms with Crippen LogP contribution in [0, 0.1) is 0 Å². The molecule has 0 atom stereocenters. The van der Waals surface area contributed by atoms with Crippen LogP contribution < -0.4 is 10.6 Å². The maximum absolute atomic E-state index is 5.34. The Morgan fingerprint density at radius 2 is 1.96 bits per heavy atom. The van der Waals surface area contributed by atoms with Crippen LogP contribution >= 0.6 is 0 Å². The lowest BCUT2D eigenvalue weighted by Crippen LogP contribution is -2.50. The number of aryl methyl sites for hydroxylation is 1. The molecule has 146 valence electrons. The molecule has 2 fully saturated rings. The smallest absolute Gasteiger partial charge is 0.191 e. The van der Waals surface area contributed by atoms with Gasteiger partial charge in [0.1, 0.15) is 6.54 Å². The Hall–Kier alpha value is -1.56. The van der Waals surface area contributed by atoms with E-state index in [1.165, 1.54) is 58.0 Å². The Labute approximate surface area is 157 Å². The molecule has 26 heavy (non-hydrogen) atoms. The molecule has 0 unspecified atom stereocenters. The standard InChI is InChI=1S/C20H35N5O/c1-3-16-14-19(26-24-16)15-22-20(21-4-2)23-17-10-12-25(13-11-17)18-8-6-5-7-9-18/h14,17-18H,3-13,15H2,1-2H3,(H2,21,22,23). The summed E-state index contributed by atoms with van der Waals surface area (Å²) in [5.41, 5.74) is 0.989. The zero-order chi connectivity index (χ0) is 18.2. The summed E-state index contributed by atoms with van der Waals surface area (Å²) in [4.78, 5) is 7.41. The first-order valence-corrected chi connectivity index (χ1v) is 10.5. The number of nitrogens with one attached hydrogen (secondary N) is 2. The van der Waals surface area contributed by atoms with Gasteiger partial charge in [0.2, 0.25) is 0 Å². The highest BCUT2D eigenvalue weighted by atomic mass is 16.5. The van der Waals surface area contributed by atoms with Gasteiger partial charge in [-0.1, -0.05) is 31.3 Å². The number of hydrogen-bond donors (Lipinski definition) is 2. The molecule has 0 bridgehead atoms. The van der Waals surface area contributed by atoms with Crippen LogP contribution in [0.1, 0.15) is 70.2 Å². The van der Waals surface area contributed by atoms with Gasteiger partial charge in [-0.3, -0.25) is 0 Å². The van der Waals surface area contributed by atoms with Gasteiger partial charge in [0.15, 0.2) is 11.7 Å². The van der Waals surface area contributed by atoms with Gasteiger partial charge in [-0.2, -0.15) is 0 Å². The van der Waals surface area contributed by atoms with Crippen molar-refractivity contribution in [2.75, 3.05) is 19.6 Å². The Bertz CT molecular complexity index is 556. The SMILES string of the molecule is CCNC(=NCc1cc(CC)no1)NC1CCN(C2CCCCC2)CC1. The number of aromatic nitrogens is 1. The molecule has 2 N–H and O–H groups in total. The van der Waals surface area contributed by atoms with Crippen molar-refractivity contribution < 1.29 is 4.52 Å². The van der Waals surface area contributed by atoms with Crippen LogP contribution in [-0.2, 0) is 13.0 Å². The molecule has 0 spiro atoms. The van der Waals surface area contributed by atoms with E-state index < -0.39 is 0 Å². The minimum Gasteiger partial charge on any atom is -0.359 e. The largest absolute Gasteiger partial charge is 0.359 e. The maximum atomic E-state index is 5.34. The third-order valence-corrected chi connectivity index (χ3v) is 5.67. The molecular formula is C20H35N5O. The maximum Gasteiger partial charge on any atom is 0.191 e. The number of piperidine rings is 1. The van der Waals surface area contributed by atoms with E-state index in [4.69, 9.17) is 4.52 Å². The minimum atomic E-state index is 0.508. The van der Waals surface area contributed by atoms with Crippen molar-refractivity contribution in [3.63, 3.8) is 0 Å². The zero-order valence-electron chi connectivity index (χ0n) is 16.5. The lowest BCUT2D eigenvalue weighted by molar-refractivity contribution is 0.119. The van der Waals surface area contributed by atoms with E-state index in [1.54, 1.807) is 0 Å². The predicted octanol–water partition coefficient (Wildman–Crippen LogP) is 3.09. The molecule has 1 aliphatic carbocycles. The molecule has 1 aliphatic heterocycles. The van der Waals surface area contributed by atoms with Crippen molar-refractivity contribution in [2.45, 2.75) is 83.8 Å². The van der Waals surface area contributed by atoms with E-state index >= 15 is 0 Å².